The molecule has 3 rings (SSSR count). The normalized spacial score (nSPS) is 22.2. The van der Waals surface area contributed by atoms with E-state index in [2.05, 4.69) is 4.90 Å². The summed E-state index contributed by atoms with van der Waals surface area (Å²) in [6.45, 7) is 4.85. The smallest absolute Gasteiger partial charge is 0.179 e. The molecule has 2 N–H and O–H groups in total. The van der Waals surface area contributed by atoms with E-state index in [1.807, 2.05) is 6.92 Å². The van der Waals surface area contributed by atoms with Crippen molar-refractivity contribution in [1.82, 2.24) is 4.90 Å². The Morgan fingerprint density at radius 3 is 2.52 bits per heavy atom. The second-order valence-electron chi connectivity index (χ2n) is 6.14. The summed E-state index contributed by atoms with van der Waals surface area (Å²) in [6, 6.07) is 5.00. The third-order valence-electron chi connectivity index (χ3n) is 4.81. The Morgan fingerprint density at radius 2 is 1.96 bits per heavy atom. The fraction of sp³-hybridized carbons (Fsp3) is 0.588. The molecule has 6 heteroatoms. The number of hydrogen-bond donors (Lipinski definition) is 1. The first-order valence-electron chi connectivity index (χ1n) is 8.04. The summed E-state index contributed by atoms with van der Waals surface area (Å²) in [5, 5.41) is 0. The van der Waals surface area contributed by atoms with Gasteiger partial charge in [0, 0.05) is 31.5 Å². The van der Waals surface area contributed by atoms with Crippen LogP contribution in [0.15, 0.2) is 18.2 Å². The van der Waals surface area contributed by atoms with Crippen LogP contribution in [0, 0.1) is 0 Å². The van der Waals surface area contributed by atoms with Crippen LogP contribution in [0.25, 0.3) is 0 Å². The van der Waals surface area contributed by atoms with Crippen LogP contribution in [0.4, 0.5) is 5.69 Å². The molecule has 6 nitrogen and oxygen atoms in total. The average molecular weight is 320 g/mol. The van der Waals surface area contributed by atoms with E-state index in [4.69, 9.17) is 19.9 Å². The second-order valence-corrected chi connectivity index (χ2v) is 6.14. The van der Waals surface area contributed by atoms with Crippen LogP contribution in [0.3, 0.4) is 0 Å². The van der Waals surface area contributed by atoms with Crippen molar-refractivity contribution >= 4 is 11.5 Å². The molecule has 0 bridgehead atoms. The Hall–Kier alpha value is -1.63. The quantitative estimate of drug-likeness (QED) is 0.672. The molecule has 1 unspecified atom stereocenters. The van der Waals surface area contributed by atoms with E-state index >= 15 is 0 Å². The lowest BCUT2D eigenvalue weighted by Gasteiger charge is -2.39. The molecule has 0 radical (unpaired) electrons. The molecular formula is C17H24N2O4. The van der Waals surface area contributed by atoms with E-state index < -0.39 is 5.79 Å². The molecule has 0 saturated carbocycles. The van der Waals surface area contributed by atoms with E-state index in [0.29, 0.717) is 30.2 Å². The number of piperidine rings is 1. The molecule has 0 aliphatic carbocycles. The number of carbonyl (C=O) groups excluding carboxylic acids is 1. The number of hydrogen-bond acceptors (Lipinski definition) is 6. The predicted molar refractivity (Wildman–Crippen MR) is 86.6 cm³/mol. The van der Waals surface area contributed by atoms with Crippen LogP contribution < -0.4 is 10.5 Å². The van der Waals surface area contributed by atoms with Gasteiger partial charge in [0.1, 0.15) is 5.75 Å². The number of rotatable bonds is 4. The summed E-state index contributed by atoms with van der Waals surface area (Å²) in [4.78, 5) is 14.9. The van der Waals surface area contributed by atoms with Crippen LogP contribution in [0.1, 0.15) is 30.1 Å². The van der Waals surface area contributed by atoms with Gasteiger partial charge < -0.3 is 19.9 Å². The number of nitrogens with two attached hydrogens (primary N) is 1. The Kier molecular flexibility index (Phi) is 4.57. The van der Waals surface area contributed by atoms with Crippen molar-refractivity contribution in [3.8, 4) is 5.75 Å². The van der Waals surface area contributed by atoms with E-state index in [-0.39, 0.29) is 11.8 Å². The Labute approximate surface area is 136 Å². The minimum absolute atomic E-state index is 0.0727. The van der Waals surface area contributed by atoms with Crippen LogP contribution >= 0.6 is 0 Å². The number of likely N-dealkylation sites (tertiary alicyclic amines) is 1. The third-order valence-corrected chi connectivity index (χ3v) is 4.81. The lowest BCUT2D eigenvalue weighted by Crippen LogP contribution is -2.50. The molecule has 0 amide bonds. The van der Waals surface area contributed by atoms with Gasteiger partial charge in [0.05, 0.1) is 32.1 Å². The molecule has 126 valence electrons. The number of methoxy groups -OCH3 is 1. The highest BCUT2D eigenvalue weighted by atomic mass is 16.7. The standard InChI is InChI=1S/C17H24N2O4/c1-12(16(20)13-3-4-15(21-2)14(18)11-13)19-7-5-17(6-8-19)22-9-10-23-17/h3-4,11-12H,5-10,18H2,1-2H3. The van der Waals surface area contributed by atoms with Crippen LogP contribution in [-0.2, 0) is 9.47 Å². The highest BCUT2D eigenvalue weighted by molar-refractivity contribution is 6.00. The first-order valence-corrected chi connectivity index (χ1v) is 8.04. The van der Waals surface area contributed by atoms with Gasteiger partial charge in [-0.3, -0.25) is 9.69 Å². The van der Waals surface area contributed by atoms with E-state index in [1.165, 1.54) is 0 Å². The van der Waals surface area contributed by atoms with Crippen molar-refractivity contribution in [1.29, 1.82) is 0 Å². The maximum atomic E-state index is 12.7. The SMILES string of the molecule is COc1ccc(C(=O)C(C)N2CCC3(CC2)OCCO3)cc1N. The highest BCUT2D eigenvalue weighted by Crippen LogP contribution is 2.32. The second kappa shape index (κ2) is 6.47. The van der Waals surface area contributed by atoms with Crippen LogP contribution in [0.2, 0.25) is 0 Å². The zero-order valence-electron chi connectivity index (χ0n) is 13.7. The molecular weight excluding hydrogens is 296 g/mol. The van der Waals surface area contributed by atoms with Crippen molar-refractivity contribution in [2.24, 2.45) is 0 Å². The monoisotopic (exact) mass is 320 g/mol. The summed E-state index contributed by atoms with van der Waals surface area (Å²) >= 11 is 0. The molecule has 2 aliphatic rings. The minimum atomic E-state index is -0.413. The van der Waals surface area contributed by atoms with Gasteiger partial charge in [-0.25, -0.2) is 0 Å². The Balaban J connectivity index is 1.65. The van der Waals surface area contributed by atoms with Gasteiger partial charge in [-0.15, -0.1) is 0 Å². The van der Waals surface area contributed by atoms with Crippen LogP contribution in [-0.4, -0.2) is 55.9 Å². The first kappa shape index (κ1) is 16.2. The lowest BCUT2D eigenvalue weighted by molar-refractivity contribution is -0.186. The maximum Gasteiger partial charge on any atom is 0.179 e. The Morgan fingerprint density at radius 1 is 1.30 bits per heavy atom. The van der Waals surface area contributed by atoms with Gasteiger partial charge in [0.2, 0.25) is 0 Å². The van der Waals surface area contributed by atoms with Gasteiger partial charge in [0.15, 0.2) is 11.6 Å². The summed E-state index contributed by atoms with van der Waals surface area (Å²) in [5.41, 5.74) is 7.00. The lowest BCUT2D eigenvalue weighted by atomic mass is 9.98. The number of benzene rings is 1. The van der Waals surface area contributed by atoms with Gasteiger partial charge in [-0.2, -0.15) is 0 Å². The molecule has 1 aromatic rings. The zero-order chi connectivity index (χ0) is 16.4. The molecule has 2 heterocycles. The fourth-order valence-corrected chi connectivity index (χ4v) is 3.33. The Bertz CT molecular complexity index is 574. The van der Waals surface area contributed by atoms with Crippen molar-refractivity contribution in [3.63, 3.8) is 0 Å². The van der Waals surface area contributed by atoms with E-state index in [9.17, 15) is 4.79 Å². The minimum Gasteiger partial charge on any atom is -0.495 e. The van der Waals surface area contributed by atoms with Crippen molar-refractivity contribution in [2.75, 3.05) is 39.1 Å². The van der Waals surface area contributed by atoms with Crippen molar-refractivity contribution in [2.45, 2.75) is 31.6 Å². The largest absolute Gasteiger partial charge is 0.495 e. The maximum absolute atomic E-state index is 12.7. The molecule has 1 atom stereocenters. The third kappa shape index (κ3) is 3.20. The number of ether oxygens (including phenoxy) is 3. The molecule has 2 saturated heterocycles. The first-order chi connectivity index (χ1) is 11.0. The summed E-state index contributed by atoms with van der Waals surface area (Å²) in [6.07, 6.45) is 1.60. The van der Waals surface area contributed by atoms with Crippen molar-refractivity contribution in [3.05, 3.63) is 23.8 Å². The summed E-state index contributed by atoms with van der Waals surface area (Å²) < 4.78 is 16.6. The number of Topliss-reactive ketones (excluding diaryl/α,β-unsaturated/α-hetero) is 1. The number of anilines is 1. The average Bonchev–Trinajstić information content (AvgIpc) is 3.02. The molecule has 23 heavy (non-hydrogen) atoms. The number of nitrogen functional groups attached to an aromatic ring is 1. The van der Waals surface area contributed by atoms with Crippen LogP contribution in [0.5, 0.6) is 5.75 Å². The molecule has 1 aromatic carbocycles. The van der Waals surface area contributed by atoms with E-state index in [0.717, 1.165) is 25.9 Å². The topological polar surface area (TPSA) is 74.0 Å². The summed E-state index contributed by atoms with van der Waals surface area (Å²) in [5.74, 6) is 0.247. The van der Waals surface area contributed by atoms with Gasteiger partial charge in [-0.05, 0) is 25.1 Å². The molecule has 2 fully saturated rings. The highest BCUT2D eigenvalue weighted by Gasteiger charge is 2.41. The number of carbonyl (C=O) groups is 1. The molecule has 1 spiro atoms. The fourth-order valence-electron chi connectivity index (χ4n) is 3.33. The van der Waals surface area contributed by atoms with Gasteiger partial charge in [-0.1, -0.05) is 0 Å². The van der Waals surface area contributed by atoms with Gasteiger partial charge in [0.25, 0.3) is 0 Å². The van der Waals surface area contributed by atoms with Crippen molar-refractivity contribution < 1.29 is 19.0 Å². The summed E-state index contributed by atoms with van der Waals surface area (Å²) in [7, 11) is 1.56. The number of nitrogens with zero attached hydrogens (tertiary/aromatic N) is 1. The van der Waals surface area contributed by atoms with E-state index in [1.54, 1.807) is 25.3 Å². The number of ketones is 1. The van der Waals surface area contributed by atoms with Gasteiger partial charge >= 0.3 is 0 Å². The molecule has 0 aromatic heterocycles. The molecule has 2 aliphatic heterocycles. The zero-order valence-corrected chi connectivity index (χ0v) is 13.7. The predicted octanol–water partition coefficient (Wildman–Crippen LogP) is 1.69.